The van der Waals surface area contributed by atoms with Crippen LogP contribution < -0.4 is 0 Å². The third-order valence-corrected chi connectivity index (χ3v) is 2.99. The number of rotatable bonds is 1. The summed E-state index contributed by atoms with van der Waals surface area (Å²) in [6.07, 6.45) is 3.00. The van der Waals surface area contributed by atoms with Crippen molar-refractivity contribution in [2.24, 2.45) is 17.8 Å². The minimum Gasteiger partial charge on any atom is -0.515 e. The zero-order valence-corrected chi connectivity index (χ0v) is 8.58. The van der Waals surface area contributed by atoms with Gasteiger partial charge in [-0.1, -0.05) is 20.8 Å². The Hall–Kier alpha value is -0.790. The van der Waals surface area contributed by atoms with E-state index in [4.69, 9.17) is 5.11 Å². The molecule has 0 saturated heterocycles. The van der Waals surface area contributed by atoms with Gasteiger partial charge in [-0.2, -0.15) is 0 Å². The SMILES string of the molecule is CC(C)C1CC[C@@H](C)C(=O)/C1=C/O. The lowest BCUT2D eigenvalue weighted by atomic mass is 9.73. The summed E-state index contributed by atoms with van der Waals surface area (Å²) in [6, 6.07) is 0. The second kappa shape index (κ2) is 3.95. The van der Waals surface area contributed by atoms with Crippen LogP contribution in [0.1, 0.15) is 33.6 Å². The number of aliphatic hydroxyl groups is 1. The van der Waals surface area contributed by atoms with Crippen LogP contribution in [-0.2, 0) is 4.79 Å². The average molecular weight is 182 g/mol. The summed E-state index contributed by atoms with van der Waals surface area (Å²) in [6.45, 7) is 6.12. The van der Waals surface area contributed by atoms with Gasteiger partial charge in [0.05, 0.1) is 6.26 Å². The third kappa shape index (κ3) is 1.93. The molecule has 1 saturated carbocycles. The fraction of sp³-hybridized carbons (Fsp3) is 0.727. The molecule has 1 N–H and O–H groups in total. The van der Waals surface area contributed by atoms with Gasteiger partial charge >= 0.3 is 0 Å². The maximum Gasteiger partial charge on any atom is 0.164 e. The maximum atomic E-state index is 11.6. The Morgan fingerprint density at radius 2 is 2.08 bits per heavy atom. The summed E-state index contributed by atoms with van der Waals surface area (Å²) in [5.41, 5.74) is 0.633. The van der Waals surface area contributed by atoms with Crippen molar-refractivity contribution in [2.75, 3.05) is 0 Å². The summed E-state index contributed by atoms with van der Waals surface area (Å²) >= 11 is 0. The van der Waals surface area contributed by atoms with Crippen LogP contribution in [0.5, 0.6) is 0 Å². The molecule has 1 aliphatic carbocycles. The zero-order chi connectivity index (χ0) is 10.0. The highest BCUT2D eigenvalue weighted by molar-refractivity contribution is 5.97. The normalized spacial score (nSPS) is 32.9. The quantitative estimate of drug-likeness (QED) is 0.500. The zero-order valence-electron chi connectivity index (χ0n) is 8.58. The highest BCUT2D eigenvalue weighted by Gasteiger charge is 2.32. The topological polar surface area (TPSA) is 37.3 Å². The molecule has 13 heavy (non-hydrogen) atoms. The second-order valence-corrected chi connectivity index (χ2v) is 4.28. The minimum absolute atomic E-state index is 0.0911. The molecular weight excluding hydrogens is 164 g/mol. The van der Waals surface area contributed by atoms with E-state index in [1.54, 1.807) is 0 Å². The Labute approximate surface area is 79.6 Å². The molecule has 2 atom stereocenters. The van der Waals surface area contributed by atoms with Crippen LogP contribution in [-0.4, -0.2) is 10.9 Å². The fourth-order valence-corrected chi connectivity index (χ4v) is 2.04. The Morgan fingerprint density at radius 3 is 2.54 bits per heavy atom. The Bertz CT molecular complexity index is 228. The molecule has 0 heterocycles. The molecule has 0 aromatic heterocycles. The summed E-state index contributed by atoms with van der Waals surface area (Å²) in [4.78, 5) is 11.6. The van der Waals surface area contributed by atoms with Gasteiger partial charge in [-0.3, -0.25) is 4.79 Å². The van der Waals surface area contributed by atoms with Crippen LogP contribution in [0.25, 0.3) is 0 Å². The predicted octanol–water partition coefficient (Wildman–Crippen LogP) is 2.70. The lowest BCUT2D eigenvalue weighted by molar-refractivity contribution is -0.121. The molecular formula is C11H18O2. The molecule has 0 aromatic carbocycles. The number of carbonyl (C=O) groups excluding carboxylic acids is 1. The van der Waals surface area contributed by atoms with Gasteiger partial charge in [-0.25, -0.2) is 0 Å². The molecule has 1 unspecified atom stereocenters. The Balaban J connectivity index is 2.85. The van der Waals surface area contributed by atoms with E-state index in [2.05, 4.69) is 13.8 Å². The summed E-state index contributed by atoms with van der Waals surface area (Å²) in [5, 5.41) is 9.02. The van der Waals surface area contributed by atoms with Crippen molar-refractivity contribution < 1.29 is 9.90 Å². The van der Waals surface area contributed by atoms with Gasteiger partial charge in [-0.15, -0.1) is 0 Å². The summed E-state index contributed by atoms with van der Waals surface area (Å²) in [5.74, 6) is 0.921. The molecule has 0 spiro atoms. The number of carbonyl (C=O) groups is 1. The Kier molecular flexibility index (Phi) is 3.12. The standard InChI is InChI=1S/C11H18O2/c1-7(2)9-5-4-8(3)11(13)10(9)6-12/h6-9,12H,4-5H2,1-3H3/b10-6+/t8-,9?/m1/s1. The first-order valence-corrected chi connectivity index (χ1v) is 4.96. The van der Waals surface area contributed by atoms with Gasteiger partial charge in [0.15, 0.2) is 5.78 Å². The van der Waals surface area contributed by atoms with E-state index in [0.717, 1.165) is 19.1 Å². The Morgan fingerprint density at radius 1 is 1.46 bits per heavy atom. The van der Waals surface area contributed by atoms with Crippen LogP contribution in [0.3, 0.4) is 0 Å². The molecule has 0 amide bonds. The lowest BCUT2D eigenvalue weighted by Gasteiger charge is -2.30. The van der Waals surface area contributed by atoms with Crippen LogP contribution in [0, 0.1) is 17.8 Å². The fourth-order valence-electron chi connectivity index (χ4n) is 2.04. The predicted molar refractivity (Wildman–Crippen MR) is 52.4 cm³/mol. The van der Waals surface area contributed by atoms with Gasteiger partial charge in [0, 0.05) is 11.5 Å². The summed E-state index contributed by atoms with van der Waals surface area (Å²) < 4.78 is 0. The van der Waals surface area contributed by atoms with Crippen molar-refractivity contribution in [3.05, 3.63) is 11.8 Å². The van der Waals surface area contributed by atoms with Gasteiger partial charge in [0.25, 0.3) is 0 Å². The number of ketones is 1. The number of hydrogen-bond acceptors (Lipinski definition) is 2. The number of Topliss-reactive ketones (excluding diaryl/α,β-unsaturated/α-hetero) is 1. The molecule has 0 bridgehead atoms. The maximum absolute atomic E-state index is 11.6. The molecule has 74 valence electrons. The van der Waals surface area contributed by atoms with E-state index in [0.29, 0.717) is 11.5 Å². The molecule has 0 radical (unpaired) electrons. The van der Waals surface area contributed by atoms with E-state index in [1.165, 1.54) is 0 Å². The lowest BCUT2D eigenvalue weighted by Crippen LogP contribution is -2.29. The van der Waals surface area contributed by atoms with Crippen molar-refractivity contribution in [3.63, 3.8) is 0 Å². The van der Waals surface area contributed by atoms with E-state index >= 15 is 0 Å². The van der Waals surface area contributed by atoms with Gasteiger partial charge in [0.1, 0.15) is 0 Å². The molecule has 0 aliphatic heterocycles. The van der Waals surface area contributed by atoms with Crippen molar-refractivity contribution >= 4 is 5.78 Å². The van der Waals surface area contributed by atoms with Crippen molar-refractivity contribution in [2.45, 2.75) is 33.6 Å². The van der Waals surface area contributed by atoms with Gasteiger partial charge in [0.2, 0.25) is 0 Å². The third-order valence-electron chi connectivity index (χ3n) is 2.99. The van der Waals surface area contributed by atoms with Crippen LogP contribution in [0.2, 0.25) is 0 Å². The number of aliphatic hydroxyl groups excluding tert-OH is 1. The number of hydrogen-bond donors (Lipinski definition) is 1. The van der Waals surface area contributed by atoms with E-state index in [1.807, 2.05) is 6.92 Å². The monoisotopic (exact) mass is 182 g/mol. The van der Waals surface area contributed by atoms with Gasteiger partial charge < -0.3 is 5.11 Å². The van der Waals surface area contributed by atoms with Crippen molar-refractivity contribution in [3.8, 4) is 0 Å². The van der Waals surface area contributed by atoms with Crippen molar-refractivity contribution in [1.82, 2.24) is 0 Å². The first kappa shape index (κ1) is 10.3. The van der Waals surface area contributed by atoms with Crippen LogP contribution in [0.15, 0.2) is 11.8 Å². The number of allylic oxidation sites excluding steroid dienone is 1. The highest BCUT2D eigenvalue weighted by atomic mass is 16.2. The van der Waals surface area contributed by atoms with E-state index in [9.17, 15) is 4.79 Å². The first-order valence-electron chi connectivity index (χ1n) is 4.96. The molecule has 1 aliphatic rings. The van der Waals surface area contributed by atoms with E-state index in [-0.39, 0.29) is 17.6 Å². The second-order valence-electron chi connectivity index (χ2n) is 4.28. The first-order chi connectivity index (χ1) is 6.07. The average Bonchev–Trinajstić information content (AvgIpc) is 2.09. The van der Waals surface area contributed by atoms with Gasteiger partial charge in [-0.05, 0) is 24.7 Å². The smallest absolute Gasteiger partial charge is 0.164 e. The molecule has 2 heteroatoms. The van der Waals surface area contributed by atoms with Crippen molar-refractivity contribution in [1.29, 1.82) is 0 Å². The largest absolute Gasteiger partial charge is 0.515 e. The molecule has 1 fully saturated rings. The molecule has 1 rings (SSSR count). The van der Waals surface area contributed by atoms with Crippen LogP contribution >= 0.6 is 0 Å². The summed E-state index contributed by atoms with van der Waals surface area (Å²) in [7, 11) is 0. The van der Waals surface area contributed by atoms with E-state index < -0.39 is 0 Å². The van der Waals surface area contributed by atoms with Crippen LogP contribution in [0.4, 0.5) is 0 Å². The molecule has 2 nitrogen and oxygen atoms in total. The highest BCUT2D eigenvalue weighted by Crippen LogP contribution is 2.34. The molecule has 0 aromatic rings. The minimum atomic E-state index is 0.0911.